The fourth-order valence-corrected chi connectivity index (χ4v) is 4.02. The molecule has 2 saturated carbocycles. The molecule has 1 N–H and O–H groups in total. The van der Waals surface area contributed by atoms with Crippen molar-refractivity contribution in [2.75, 3.05) is 0 Å². The van der Waals surface area contributed by atoms with Crippen LogP contribution < -0.4 is 5.32 Å². The number of carbonyl (C=O) groups is 1. The molecule has 0 aliphatic heterocycles. The molecule has 2 heteroatoms. The fourth-order valence-electron chi connectivity index (χ4n) is 4.02. The summed E-state index contributed by atoms with van der Waals surface area (Å²) < 4.78 is 0. The molecular formula is C15H27NO. The first-order valence-corrected chi connectivity index (χ1v) is 7.46. The highest BCUT2D eigenvalue weighted by atomic mass is 16.1. The summed E-state index contributed by atoms with van der Waals surface area (Å²) in [7, 11) is 0. The molecule has 0 aromatic rings. The van der Waals surface area contributed by atoms with Crippen LogP contribution >= 0.6 is 0 Å². The number of nitrogens with one attached hydrogen (secondary N) is 1. The first-order valence-electron chi connectivity index (χ1n) is 7.46. The van der Waals surface area contributed by atoms with E-state index in [1.54, 1.807) is 0 Å². The van der Waals surface area contributed by atoms with Gasteiger partial charge < -0.3 is 5.32 Å². The zero-order valence-corrected chi connectivity index (χ0v) is 11.5. The van der Waals surface area contributed by atoms with Gasteiger partial charge in [-0.1, -0.05) is 20.3 Å². The molecule has 2 bridgehead atoms. The lowest BCUT2D eigenvalue weighted by Gasteiger charge is -2.29. The van der Waals surface area contributed by atoms with Crippen molar-refractivity contribution in [2.24, 2.45) is 23.7 Å². The first-order chi connectivity index (χ1) is 8.15. The van der Waals surface area contributed by atoms with E-state index in [-0.39, 0.29) is 11.8 Å². The van der Waals surface area contributed by atoms with Crippen LogP contribution in [0.1, 0.15) is 59.3 Å². The summed E-state index contributed by atoms with van der Waals surface area (Å²) in [6.45, 7) is 6.43. The van der Waals surface area contributed by atoms with Crippen LogP contribution in [0.25, 0.3) is 0 Å². The third-order valence-electron chi connectivity index (χ3n) is 5.16. The molecule has 0 aromatic carbocycles. The maximum absolute atomic E-state index is 12.1. The van der Waals surface area contributed by atoms with Gasteiger partial charge in [-0.3, -0.25) is 4.79 Å². The van der Waals surface area contributed by atoms with Gasteiger partial charge in [0.05, 0.1) is 0 Å². The Bertz CT molecular complexity index is 272. The van der Waals surface area contributed by atoms with Crippen molar-refractivity contribution in [1.82, 2.24) is 5.32 Å². The van der Waals surface area contributed by atoms with Crippen molar-refractivity contribution in [3.05, 3.63) is 0 Å². The van der Waals surface area contributed by atoms with Crippen LogP contribution in [0, 0.1) is 23.7 Å². The van der Waals surface area contributed by atoms with Crippen molar-refractivity contribution in [3.8, 4) is 0 Å². The van der Waals surface area contributed by atoms with Gasteiger partial charge in [-0.05, 0) is 56.8 Å². The number of fused-ring (bicyclic) bond motifs is 2. The van der Waals surface area contributed by atoms with Gasteiger partial charge in [0, 0.05) is 12.0 Å². The zero-order valence-electron chi connectivity index (χ0n) is 11.5. The summed E-state index contributed by atoms with van der Waals surface area (Å²) >= 11 is 0. The van der Waals surface area contributed by atoms with Gasteiger partial charge in [0.25, 0.3) is 0 Å². The molecule has 4 atom stereocenters. The molecule has 0 radical (unpaired) electrons. The predicted octanol–water partition coefficient (Wildman–Crippen LogP) is 3.36. The molecule has 2 rings (SSSR count). The Kier molecular flexibility index (Phi) is 4.11. The molecule has 0 spiro atoms. The highest BCUT2D eigenvalue weighted by Crippen LogP contribution is 2.49. The van der Waals surface area contributed by atoms with Gasteiger partial charge in [-0.25, -0.2) is 0 Å². The molecule has 17 heavy (non-hydrogen) atoms. The highest BCUT2D eigenvalue weighted by molar-refractivity contribution is 5.78. The molecule has 2 nitrogen and oxygen atoms in total. The van der Waals surface area contributed by atoms with E-state index < -0.39 is 0 Å². The summed E-state index contributed by atoms with van der Waals surface area (Å²) in [5.74, 6) is 3.13. The van der Waals surface area contributed by atoms with Crippen molar-refractivity contribution in [1.29, 1.82) is 0 Å². The second kappa shape index (κ2) is 5.41. The lowest BCUT2D eigenvalue weighted by atomic mass is 9.83. The summed E-state index contributed by atoms with van der Waals surface area (Å²) in [5, 5.41) is 3.27. The quantitative estimate of drug-likeness (QED) is 0.780. The molecule has 1 amide bonds. The third kappa shape index (κ3) is 2.66. The van der Waals surface area contributed by atoms with E-state index in [2.05, 4.69) is 26.1 Å². The molecule has 0 heterocycles. The molecule has 0 saturated heterocycles. The number of rotatable bonds is 5. The number of hydrogen-bond donors (Lipinski definition) is 1. The van der Waals surface area contributed by atoms with Gasteiger partial charge in [0.2, 0.25) is 5.91 Å². The van der Waals surface area contributed by atoms with E-state index in [9.17, 15) is 4.79 Å². The normalized spacial score (nSPS) is 33.1. The van der Waals surface area contributed by atoms with Gasteiger partial charge in [-0.2, -0.15) is 0 Å². The monoisotopic (exact) mass is 237 g/mol. The van der Waals surface area contributed by atoms with Crippen LogP contribution in [-0.4, -0.2) is 11.9 Å². The Morgan fingerprint density at radius 3 is 2.41 bits per heavy atom. The molecule has 98 valence electrons. The van der Waals surface area contributed by atoms with Crippen LogP contribution in [0.5, 0.6) is 0 Å². The smallest absolute Gasteiger partial charge is 0.223 e. The van der Waals surface area contributed by atoms with E-state index in [1.165, 1.54) is 25.7 Å². The molecule has 2 aliphatic rings. The Morgan fingerprint density at radius 1 is 1.24 bits per heavy atom. The molecule has 2 fully saturated rings. The summed E-state index contributed by atoms with van der Waals surface area (Å²) in [5.41, 5.74) is 0. The maximum atomic E-state index is 12.1. The molecular weight excluding hydrogens is 210 g/mol. The molecule has 0 aromatic heterocycles. The van der Waals surface area contributed by atoms with Gasteiger partial charge >= 0.3 is 0 Å². The van der Waals surface area contributed by atoms with Crippen LogP contribution in [-0.2, 0) is 4.79 Å². The zero-order chi connectivity index (χ0) is 12.4. The van der Waals surface area contributed by atoms with Crippen LogP contribution in [0.2, 0.25) is 0 Å². The summed E-state index contributed by atoms with van der Waals surface area (Å²) in [6.07, 6.45) is 7.55. The fraction of sp³-hybridized carbons (Fsp3) is 0.933. The van der Waals surface area contributed by atoms with Crippen LogP contribution in [0.4, 0.5) is 0 Å². The minimum Gasteiger partial charge on any atom is -0.353 e. The average molecular weight is 237 g/mol. The lowest BCUT2D eigenvalue weighted by molar-refractivity contribution is -0.126. The SMILES string of the molecule is CCC(CC)C(=O)N[C@H](C)[C@H]1C[C@@H]2CC[C@@H]1C2. The summed E-state index contributed by atoms with van der Waals surface area (Å²) in [4.78, 5) is 12.1. The van der Waals surface area contributed by atoms with Crippen molar-refractivity contribution in [3.63, 3.8) is 0 Å². The van der Waals surface area contributed by atoms with Crippen molar-refractivity contribution in [2.45, 2.75) is 65.3 Å². The predicted molar refractivity (Wildman–Crippen MR) is 70.6 cm³/mol. The van der Waals surface area contributed by atoms with E-state index in [0.29, 0.717) is 6.04 Å². The van der Waals surface area contributed by atoms with E-state index >= 15 is 0 Å². The largest absolute Gasteiger partial charge is 0.353 e. The number of amides is 1. The standard InChI is InChI=1S/C15H27NO/c1-4-12(5-2)15(17)16-10(3)14-9-11-6-7-13(14)8-11/h10-14H,4-9H2,1-3H3,(H,16,17)/t10-,11-,13-,14-/m1/s1. The van der Waals surface area contributed by atoms with Gasteiger partial charge in [-0.15, -0.1) is 0 Å². The first kappa shape index (κ1) is 12.9. The average Bonchev–Trinajstić information content (AvgIpc) is 2.92. The lowest BCUT2D eigenvalue weighted by Crippen LogP contribution is -2.42. The van der Waals surface area contributed by atoms with Crippen LogP contribution in [0.15, 0.2) is 0 Å². The number of carbonyl (C=O) groups excluding carboxylic acids is 1. The molecule has 2 aliphatic carbocycles. The third-order valence-corrected chi connectivity index (χ3v) is 5.16. The van der Waals surface area contributed by atoms with E-state index in [4.69, 9.17) is 0 Å². The van der Waals surface area contributed by atoms with Crippen molar-refractivity contribution >= 4 is 5.91 Å². The highest BCUT2D eigenvalue weighted by Gasteiger charge is 2.42. The van der Waals surface area contributed by atoms with Crippen molar-refractivity contribution < 1.29 is 4.79 Å². The molecule has 0 unspecified atom stereocenters. The second-order valence-corrected chi connectivity index (χ2v) is 6.15. The maximum Gasteiger partial charge on any atom is 0.223 e. The Morgan fingerprint density at radius 2 is 1.94 bits per heavy atom. The van der Waals surface area contributed by atoms with Crippen LogP contribution in [0.3, 0.4) is 0 Å². The van der Waals surface area contributed by atoms with E-state index in [0.717, 1.165) is 30.6 Å². The topological polar surface area (TPSA) is 29.1 Å². The minimum atomic E-state index is 0.219. The van der Waals surface area contributed by atoms with Gasteiger partial charge in [0.15, 0.2) is 0 Å². The van der Waals surface area contributed by atoms with Gasteiger partial charge in [0.1, 0.15) is 0 Å². The van der Waals surface area contributed by atoms with E-state index in [1.807, 2.05) is 0 Å². The second-order valence-electron chi connectivity index (χ2n) is 6.15. The Balaban J connectivity index is 1.84. The Labute approximate surface area is 106 Å². The number of hydrogen-bond acceptors (Lipinski definition) is 1. The minimum absolute atomic E-state index is 0.219. The Hall–Kier alpha value is -0.530. The summed E-state index contributed by atoms with van der Waals surface area (Å²) in [6, 6.07) is 0.387.